The predicted octanol–water partition coefficient (Wildman–Crippen LogP) is 2.75. The molecule has 0 amide bonds. The van der Waals surface area contributed by atoms with Gasteiger partial charge in [0.15, 0.2) is 0 Å². The fourth-order valence-electron chi connectivity index (χ4n) is 2.23. The fraction of sp³-hybridized carbons (Fsp3) is 0.286. The summed E-state index contributed by atoms with van der Waals surface area (Å²) in [5.41, 5.74) is 4.16. The molecule has 4 heteroatoms. The van der Waals surface area contributed by atoms with E-state index in [2.05, 4.69) is 5.10 Å². The molecule has 2 rings (SSSR count). The van der Waals surface area contributed by atoms with E-state index in [4.69, 9.17) is 5.11 Å². The van der Waals surface area contributed by atoms with Crippen LogP contribution in [0.5, 0.6) is 0 Å². The molecule has 0 aliphatic carbocycles. The van der Waals surface area contributed by atoms with E-state index < -0.39 is 5.97 Å². The van der Waals surface area contributed by atoms with Gasteiger partial charge < -0.3 is 5.11 Å². The summed E-state index contributed by atoms with van der Waals surface area (Å²) in [5, 5.41) is 13.4. The smallest absolute Gasteiger partial charge is 0.339 e. The number of carboxylic acid groups (broad SMARTS) is 1. The number of carbonyl (C=O) groups is 1. The van der Waals surface area contributed by atoms with Crippen LogP contribution in [0.25, 0.3) is 5.69 Å². The lowest BCUT2D eigenvalue weighted by Crippen LogP contribution is -2.08. The minimum atomic E-state index is -0.927. The summed E-state index contributed by atoms with van der Waals surface area (Å²) in [6.45, 7) is 5.95. The Balaban J connectivity index is 2.68. The third kappa shape index (κ3) is 1.90. The average molecular weight is 244 g/mol. The Morgan fingerprint density at radius 3 is 2.44 bits per heavy atom. The van der Waals surface area contributed by atoms with E-state index in [-0.39, 0.29) is 5.56 Å². The molecule has 18 heavy (non-hydrogen) atoms. The van der Waals surface area contributed by atoms with Gasteiger partial charge in [-0.3, -0.25) is 0 Å². The molecule has 94 valence electrons. The Labute approximate surface area is 106 Å². The fourth-order valence-corrected chi connectivity index (χ4v) is 2.23. The molecule has 1 aromatic carbocycles. The Morgan fingerprint density at radius 2 is 1.94 bits per heavy atom. The molecular formula is C14H16N2O2. The molecule has 2 aromatic rings. The van der Waals surface area contributed by atoms with E-state index in [1.54, 1.807) is 4.68 Å². The SMILES string of the molecule is CCc1c(C(=O)O)cnn1-c1c(C)cccc1C. The van der Waals surface area contributed by atoms with E-state index in [1.807, 2.05) is 39.0 Å². The van der Waals surface area contributed by atoms with E-state index in [0.29, 0.717) is 6.42 Å². The van der Waals surface area contributed by atoms with Crippen molar-refractivity contribution in [2.24, 2.45) is 0 Å². The minimum absolute atomic E-state index is 0.278. The number of rotatable bonds is 3. The molecule has 0 saturated carbocycles. The second-order valence-corrected chi connectivity index (χ2v) is 4.32. The van der Waals surface area contributed by atoms with Crippen molar-refractivity contribution in [3.05, 3.63) is 46.8 Å². The van der Waals surface area contributed by atoms with Gasteiger partial charge in [-0.1, -0.05) is 25.1 Å². The Kier molecular flexibility index (Phi) is 3.19. The molecule has 0 saturated heterocycles. The van der Waals surface area contributed by atoms with Crippen LogP contribution in [0.4, 0.5) is 0 Å². The molecule has 0 radical (unpaired) electrons. The van der Waals surface area contributed by atoms with Gasteiger partial charge in [0.05, 0.1) is 17.6 Å². The summed E-state index contributed by atoms with van der Waals surface area (Å²) >= 11 is 0. The lowest BCUT2D eigenvalue weighted by molar-refractivity contribution is 0.0695. The standard InChI is InChI=1S/C14H16N2O2/c1-4-12-11(14(17)18)8-15-16(12)13-9(2)6-5-7-10(13)3/h5-8H,4H2,1-3H3,(H,17,18). The Hall–Kier alpha value is -2.10. The number of nitrogens with zero attached hydrogens (tertiary/aromatic N) is 2. The largest absolute Gasteiger partial charge is 0.478 e. The Bertz CT molecular complexity index is 580. The first kappa shape index (κ1) is 12.4. The van der Waals surface area contributed by atoms with Crippen molar-refractivity contribution in [3.8, 4) is 5.69 Å². The topological polar surface area (TPSA) is 55.1 Å². The molecule has 0 fully saturated rings. The molecule has 1 N–H and O–H groups in total. The van der Waals surface area contributed by atoms with E-state index in [1.165, 1.54) is 6.20 Å². The zero-order chi connectivity index (χ0) is 13.3. The quantitative estimate of drug-likeness (QED) is 0.903. The van der Waals surface area contributed by atoms with Crippen molar-refractivity contribution in [3.63, 3.8) is 0 Å². The second kappa shape index (κ2) is 4.64. The molecule has 1 aromatic heterocycles. The van der Waals surface area contributed by atoms with Crippen LogP contribution in [-0.4, -0.2) is 20.9 Å². The first-order valence-electron chi connectivity index (χ1n) is 5.93. The van der Waals surface area contributed by atoms with Crippen molar-refractivity contribution in [2.75, 3.05) is 0 Å². The predicted molar refractivity (Wildman–Crippen MR) is 69.4 cm³/mol. The number of hydrogen-bond donors (Lipinski definition) is 1. The maximum atomic E-state index is 11.1. The van der Waals surface area contributed by atoms with Crippen molar-refractivity contribution in [1.29, 1.82) is 0 Å². The van der Waals surface area contributed by atoms with E-state index in [0.717, 1.165) is 22.5 Å². The van der Waals surface area contributed by atoms with Gasteiger partial charge in [0.25, 0.3) is 0 Å². The lowest BCUT2D eigenvalue weighted by Gasteiger charge is -2.12. The van der Waals surface area contributed by atoms with E-state index in [9.17, 15) is 4.79 Å². The molecule has 4 nitrogen and oxygen atoms in total. The highest BCUT2D eigenvalue weighted by atomic mass is 16.4. The summed E-state index contributed by atoms with van der Waals surface area (Å²) in [6, 6.07) is 6.00. The third-order valence-electron chi connectivity index (χ3n) is 3.09. The van der Waals surface area contributed by atoms with Crippen LogP contribution in [0.3, 0.4) is 0 Å². The number of aryl methyl sites for hydroxylation is 2. The van der Waals surface area contributed by atoms with Gasteiger partial charge in [-0.25, -0.2) is 9.48 Å². The normalized spacial score (nSPS) is 10.6. The van der Waals surface area contributed by atoms with E-state index >= 15 is 0 Å². The zero-order valence-electron chi connectivity index (χ0n) is 10.8. The highest BCUT2D eigenvalue weighted by molar-refractivity contribution is 5.88. The number of carboxylic acids is 1. The van der Waals surface area contributed by atoms with Crippen LogP contribution in [0, 0.1) is 13.8 Å². The Morgan fingerprint density at radius 1 is 1.33 bits per heavy atom. The van der Waals surface area contributed by atoms with Crippen molar-refractivity contribution in [1.82, 2.24) is 9.78 Å². The number of aromatic carboxylic acids is 1. The zero-order valence-corrected chi connectivity index (χ0v) is 10.8. The van der Waals surface area contributed by atoms with Crippen molar-refractivity contribution >= 4 is 5.97 Å². The van der Waals surface area contributed by atoms with Gasteiger partial charge in [0.2, 0.25) is 0 Å². The summed E-state index contributed by atoms with van der Waals surface area (Å²) in [4.78, 5) is 11.1. The summed E-state index contributed by atoms with van der Waals surface area (Å²) in [7, 11) is 0. The maximum Gasteiger partial charge on any atom is 0.339 e. The number of aromatic nitrogens is 2. The number of hydrogen-bond acceptors (Lipinski definition) is 2. The van der Waals surface area contributed by atoms with Crippen LogP contribution >= 0.6 is 0 Å². The van der Waals surface area contributed by atoms with Gasteiger partial charge in [-0.2, -0.15) is 5.10 Å². The summed E-state index contributed by atoms with van der Waals surface area (Å²) < 4.78 is 1.74. The molecule has 0 aliphatic rings. The maximum absolute atomic E-state index is 11.1. The minimum Gasteiger partial charge on any atom is -0.478 e. The number of benzene rings is 1. The van der Waals surface area contributed by atoms with Crippen LogP contribution in [-0.2, 0) is 6.42 Å². The molecular weight excluding hydrogens is 228 g/mol. The number of para-hydroxylation sites is 1. The lowest BCUT2D eigenvalue weighted by atomic mass is 10.1. The molecule has 0 bridgehead atoms. The van der Waals surface area contributed by atoms with Crippen LogP contribution in [0.15, 0.2) is 24.4 Å². The molecule has 0 spiro atoms. The first-order valence-corrected chi connectivity index (χ1v) is 5.93. The summed E-state index contributed by atoms with van der Waals surface area (Å²) in [6.07, 6.45) is 2.06. The average Bonchev–Trinajstić information content (AvgIpc) is 2.72. The molecule has 0 aliphatic heterocycles. The van der Waals surface area contributed by atoms with Gasteiger partial charge in [-0.15, -0.1) is 0 Å². The highest BCUT2D eigenvalue weighted by Crippen LogP contribution is 2.22. The van der Waals surface area contributed by atoms with Gasteiger partial charge in [-0.05, 0) is 31.4 Å². The summed E-state index contributed by atoms with van der Waals surface area (Å²) in [5.74, 6) is -0.927. The van der Waals surface area contributed by atoms with Crippen LogP contribution < -0.4 is 0 Å². The molecule has 1 heterocycles. The third-order valence-corrected chi connectivity index (χ3v) is 3.09. The molecule has 0 unspecified atom stereocenters. The van der Waals surface area contributed by atoms with Crippen molar-refractivity contribution in [2.45, 2.75) is 27.2 Å². The van der Waals surface area contributed by atoms with Gasteiger partial charge in [0, 0.05) is 0 Å². The highest BCUT2D eigenvalue weighted by Gasteiger charge is 2.17. The van der Waals surface area contributed by atoms with Crippen LogP contribution in [0.1, 0.15) is 34.1 Å². The first-order chi connectivity index (χ1) is 8.56. The second-order valence-electron chi connectivity index (χ2n) is 4.32. The van der Waals surface area contributed by atoms with Crippen LogP contribution in [0.2, 0.25) is 0 Å². The van der Waals surface area contributed by atoms with Crippen molar-refractivity contribution < 1.29 is 9.90 Å². The van der Waals surface area contributed by atoms with Gasteiger partial charge in [0.1, 0.15) is 5.56 Å². The monoisotopic (exact) mass is 244 g/mol. The molecule has 0 atom stereocenters. The van der Waals surface area contributed by atoms with Gasteiger partial charge >= 0.3 is 5.97 Å².